The Hall–Kier alpha value is -3.04. The summed E-state index contributed by atoms with van der Waals surface area (Å²) in [5.41, 5.74) is 1.71. The van der Waals surface area contributed by atoms with Gasteiger partial charge in [0.25, 0.3) is 5.91 Å². The van der Waals surface area contributed by atoms with Crippen molar-refractivity contribution in [2.75, 3.05) is 11.4 Å². The Kier molecular flexibility index (Phi) is 5.50. The van der Waals surface area contributed by atoms with Crippen molar-refractivity contribution in [2.24, 2.45) is 0 Å². The second-order valence-electron chi connectivity index (χ2n) is 5.37. The zero-order valence-electron chi connectivity index (χ0n) is 13.5. The predicted octanol–water partition coefficient (Wildman–Crippen LogP) is 3.69. The number of carbonyl (C=O) groups is 1. The van der Waals surface area contributed by atoms with Crippen LogP contribution in [0.4, 0.5) is 5.13 Å². The first kappa shape index (κ1) is 16.8. The number of aromatic nitrogens is 2. The van der Waals surface area contributed by atoms with Crippen LogP contribution in [0.3, 0.4) is 0 Å². The molecule has 0 bridgehead atoms. The van der Waals surface area contributed by atoms with E-state index in [1.165, 1.54) is 16.2 Å². The van der Waals surface area contributed by atoms with Crippen LogP contribution in [0.2, 0.25) is 0 Å². The minimum Gasteiger partial charge on any atom is -0.282 e. The SMILES string of the molecule is N#CCCN(C(=O)c1ccccc1)c1nnc(Cc2ccccc2)s1. The molecule has 0 aliphatic rings. The van der Waals surface area contributed by atoms with Crippen molar-refractivity contribution < 1.29 is 4.79 Å². The van der Waals surface area contributed by atoms with Gasteiger partial charge in [0.1, 0.15) is 5.01 Å². The highest BCUT2D eigenvalue weighted by Crippen LogP contribution is 2.24. The van der Waals surface area contributed by atoms with Crippen LogP contribution in [0.25, 0.3) is 0 Å². The molecule has 1 amide bonds. The van der Waals surface area contributed by atoms with E-state index in [0.717, 1.165) is 10.6 Å². The normalized spacial score (nSPS) is 10.2. The van der Waals surface area contributed by atoms with Crippen molar-refractivity contribution in [3.05, 3.63) is 76.8 Å². The molecule has 0 aliphatic carbocycles. The van der Waals surface area contributed by atoms with Gasteiger partial charge in [-0.3, -0.25) is 9.69 Å². The second-order valence-corrected chi connectivity index (χ2v) is 6.41. The molecule has 5 nitrogen and oxygen atoms in total. The Morgan fingerprint density at radius 2 is 1.72 bits per heavy atom. The molecule has 0 fully saturated rings. The van der Waals surface area contributed by atoms with E-state index in [0.29, 0.717) is 23.7 Å². The van der Waals surface area contributed by atoms with E-state index in [-0.39, 0.29) is 12.3 Å². The average Bonchev–Trinajstić information content (AvgIpc) is 3.11. The van der Waals surface area contributed by atoms with Crippen molar-refractivity contribution >= 4 is 22.4 Å². The smallest absolute Gasteiger partial charge is 0.260 e. The van der Waals surface area contributed by atoms with Crippen molar-refractivity contribution in [3.63, 3.8) is 0 Å². The summed E-state index contributed by atoms with van der Waals surface area (Å²) in [4.78, 5) is 14.3. The number of nitrogens with zero attached hydrogens (tertiary/aromatic N) is 4. The third-order valence-corrected chi connectivity index (χ3v) is 4.54. The first-order valence-electron chi connectivity index (χ1n) is 7.88. The van der Waals surface area contributed by atoms with Gasteiger partial charge >= 0.3 is 0 Å². The minimum absolute atomic E-state index is 0.168. The van der Waals surface area contributed by atoms with Crippen LogP contribution in [0.5, 0.6) is 0 Å². The molecule has 2 aromatic carbocycles. The van der Waals surface area contributed by atoms with Crippen LogP contribution in [-0.4, -0.2) is 22.6 Å². The van der Waals surface area contributed by atoms with Gasteiger partial charge in [-0.2, -0.15) is 5.26 Å². The number of hydrogen-bond acceptors (Lipinski definition) is 5. The van der Waals surface area contributed by atoms with E-state index in [1.54, 1.807) is 12.1 Å². The standard InChI is InChI=1S/C19H16N4OS/c20-12-7-13-23(18(24)16-10-5-2-6-11-16)19-22-21-17(25-19)14-15-8-3-1-4-9-15/h1-6,8-11H,7,13-14H2. The summed E-state index contributed by atoms with van der Waals surface area (Å²) in [7, 11) is 0. The lowest BCUT2D eigenvalue weighted by Crippen LogP contribution is -2.31. The van der Waals surface area contributed by atoms with Crippen molar-refractivity contribution in [2.45, 2.75) is 12.8 Å². The molecule has 25 heavy (non-hydrogen) atoms. The lowest BCUT2D eigenvalue weighted by Gasteiger charge is -2.17. The Balaban J connectivity index is 1.82. The molecule has 0 atom stereocenters. The molecule has 124 valence electrons. The van der Waals surface area contributed by atoms with Crippen LogP contribution < -0.4 is 4.90 Å². The fourth-order valence-corrected chi connectivity index (χ4v) is 3.28. The quantitative estimate of drug-likeness (QED) is 0.681. The summed E-state index contributed by atoms with van der Waals surface area (Å²) < 4.78 is 0. The predicted molar refractivity (Wildman–Crippen MR) is 97.5 cm³/mol. The zero-order valence-corrected chi connectivity index (χ0v) is 14.3. The molecule has 0 saturated heterocycles. The summed E-state index contributed by atoms with van der Waals surface area (Å²) in [6.07, 6.45) is 0.913. The lowest BCUT2D eigenvalue weighted by atomic mass is 10.2. The maximum absolute atomic E-state index is 12.8. The molecule has 0 saturated carbocycles. The Morgan fingerprint density at radius 3 is 2.40 bits per heavy atom. The van der Waals surface area contributed by atoms with Crippen molar-refractivity contribution in [1.29, 1.82) is 5.26 Å². The Bertz CT molecular complexity index is 871. The number of hydrogen-bond donors (Lipinski definition) is 0. The number of amides is 1. The molecular weight excluding hydrogens is 332 g/mol. The molecule has 1 heterocycles. The molecule has 3 rings (SSSR count). The number of nitriles is 1. The Labute approximate surface area is 150 Å². The third-order valence-electron chi connectivity index (χ3n) is 3.60. The van der Waals surface area contributed by atoms with E-state index < -0.39 is 0 Å². The molecule has 0 aliphatic heterocycles. The first-order chi connectivity index (χ1) is 12.3. The van der Waals surface area contributed by atoms with Gasteiger partial charge < -0.3 is 0 Å². The van der Waals surface area contributed by atoms with E-state index in [1.807, 2.05) is 48.5 Å². The van der Waals surface area contributed by atoms with Crippen molar-refractivity contribution in [3.8, 4) is 6.07 Å². The van der Waals surface area contributed by atoms with Crippen molar-refractivity contribution in [1.82, 2.24) is 10.2 Å². The van der Waals surface area contributed by atoms with Crippen LogP contribution in [0.1, 0.15) is 27.3 Å². The molecule has 0 N–H and O–H groups in total. The van der Waals surface area contributed by atoms with Crippen LogP contribution >= 0.6 is 11.3 Å². The van der Waals surface area contributed by atoms with E-state index in [2.05, 4.69) is 16.3 Å². The van der Waals surface area contributed by atoms with Crippen LogP contribution in [-0.2, 0) is 6.42 Å². The molecule has 0 radical (unpaired) electrons. The van der Waals surface area contributed by atoms with Gasteiger partial charge in [0, 0.05) is 18.5 Å². The molecule has 1 aromatic heterocycles. The highest BCUT2D eigenvalue weighted by molar-refractivity contribution is 7.15. The van der Waals surface area contributed by atoms with Crippen LogP contribution in [0.15, 0.2) is 60.7 Å². The summed E-state index contributed by atoms with van der Waals surface area (Å²) in [5, 5.41) is 18.6. The number of benzene rings is 2. The van der Waals surface area contributed by atoms with Crippen LogP contribution in [0, 0.1) is 11.3 Å². The van der Waals surface area contributed by atoms with Gasteiger partial charge in [0.2, 0.25) is 5.13 Å². The monoisotopic (exact) mass is 348 g/mol. The molecule has 6 heteroatoms. The topological polar surface area (TPSA) is 69.9 Å². The van der Waals surface area contributed by atoms with Gasteiger partial charge in [-0.1, -0.05) is 59.9 Å². The maximum Gasteiger partial charge on any atom is 0.260 e. The van der Waals surface area contributed by atoms with Gasteiger partial charge in [-0.15, -0.1) is 10.2 Å². The second kappa shape index (κ2) is 8.18. The highest BCUT2D eigenvalue weighted by Gasteiger charge is 2.21. The number of anilines is 1. The van der Waals surface area contributed by atoms with Gasteiger partial charge in [-0.25, -0.2) is 0 Å². The maximum atomic E-state index is 12.8. The average molecular weight is 348 g/mol. The fraction of sp³-hybridized carbons (Fsp3) is 0.158. The largest absolute Gasteiger partial charge is 0.282 e. The summed E-state index contributed by atoms with van der Waals surface area (Å²) in [6.45, 7) is 0.296. The summed E-state index contributed by atoms with van der Waals surface area (Å²) in [5.74, 6) is -0.168. The van der Waals surface area contributed by atoms with Gasteiger partial charge in [0.05, 0.1) is 12.5 Å². The first-order valence-corrected chi connectivity index (χ1v) is 8.70. The molecule has 0 spiro atoms. The third kappa shape index (κ3) is 4.28. The number of carbonyl (C=O) groups excluding carboxylic acids is 1. The molecular formula is C19H16N4OS. The number of rotatable bonds is 6. The highest BCUT2D eigenvalue weighted by atomic mass is 32.1. The fourth-order valence-electron chi connectivity index (χ4n) is 2.38. The molecule has 3 aromatic rings. The molecule has 0 unspecified atom stereocenters. The summed E-state index contributed by atoms with van der Waals surface area (Å²) in [6, 6.07) is 21.1. The zero-order chi connectivity index (χ0) is 17.5. The Morgan fingerprint density at radius 1 is 1.04 bits per heavy atom. The van der Waals surface area contributed by atoms with E-state index in [4.69, 9.17) is 5.26 Å². The van der Waals surface area contributed by atoms with Gasteiger partial charge in [-0.05, 0) is 17.7 Å². The lowest BCUT2D eigenvalue weighted by molar-refractivity contribution is 0.0987. The van der Waals surface area contributed by atoms with Gasteiger partial charge in [0.15, 0.2) is 0 Å². The van der Waals surface area contributed by atoms with E-state index >= 15 is 0 Å². The summed E-state index contributed by atoms with van der Waals surface area (Å²) >= 11 is 1.38. The minimum atomic E-state index is -0.168. The van der Waals surface area contributed by atoms with E-state index in [9.17, 15) is 4.79 Å².